The number of amides is 1. The number of thiophene rings is 1. The Kier molecular flexibility index (Phi) is 4.22. The molecule has 0 aromatic carbocycles. The van der Waals surface area contributed by atoms with E-state index in [2.05, 4.69) is 11.4 Å². The van der Waals surface area contributed by atoms with Crippen LogP contribution < -0.4 is 5.32 Å². The average Bonchev–Trinajstić information content (AvgIpc) is 3.08. The van der Waals surface area contributed by atoms with E-state index >= 15 is 0 Å². The smallest absolute Gasteiger partial charge is 0.250 e. The van der Waals surface area contributed by atoms with E-state index in [1.165, 1.54) is 10.5 Å². The van der Waals surface area contributed by atoms with Gasteiger partial charge in [0.1, 0.15) is 5.76 Å². The molecule has 0 spiro atoms. The van der Waals surface area contributed by atoms with E-state index in [0.717, 1.165) is 24.4 Å². The molecule has 110 valence electrons. The summed E-state index contributed by atoms with van der Waals surface area (Å²) in [5, 5.41) is 5.22. The predicted molar refractivity (Wildman–Crippen MR) is 82.9 cm³/mol. The molecule has 1 aliphatic rings. The number of carbonyl (C=O) groups is 1. The van der Waals surface area contributed by atoms with Gasteiger partial charge in [0.15, 0.2) is 0 Å². The lowest BCUT2D eigenvalue weighted by Gasteiger charge is -2.26. The first-order valence-corrected chi connectivity index (χ1v) is 7.85. The molecule has 2 aromatic heterocycles. The summed E-state index contributed by atoms with van der Waals surface area (Å²) in [6, 6.07) is 7.82. The monoisotopic (exact) mass is 302 g/mol. The number of nitrogens with one attached hydrogen (secondary N) is 1. The molecule has 5 heteroatoms. The van der Waals surface area contributed by atoms with Crippen LogP contribution in [0, 0.1) is 0 Å². The summed E-state index contributed by atoms with van der Waals surface area (Å²) < 4.78 is 5.39. The van der Waals surface area contributed by atoms with E-state index in [4.69, 9.17) is 4.42 Å². The first kappa shape index (κ1) is 14.1. The van der Waals surface area contributed by atoms with Gasteiger partial charge in [0.05, 0.1) is 19.4 Å². The van der Waals surface area contributed by atoms with Gasteiger partial charge in [-0.05, 0) is 36.1 Å². The SMILES string of the molecule is CC(C(=O)N(Cc1ccco1)Cc1cccs1)=C1CNC1. The number of carbonyl (C=O) groups excluding carboxylic acids is 1. The molecule has 0 aliphatic carbocycles. The van der Waals surface area contributed by atoms with Crippen molar-refractivity contribution in [1.29, 1.82) is 0 Å². The molecule has 21 heavy (non-hydrogen) atoms. The minimum Gasteiger partial charge on any atom is -0.467 e. The molecular weight excluding hydrogens is 284 g/mol. The maximum Gasteiger partial charge on any atom is 0.250 e. The fourth-order valence-electron chi connectivity index (χ4n) is 2.28. The number of hydrogen-bond acceptors (Lipinski definition) is 4. The van der Waals surface area contributed by atoms with Gasteiger partial charge in [-0.1, -0.05) is 6.07 Å². The van der Waals surface area contributed by atoms with Crippen molar-refractivity contribution in [2.24, 2.45) is 0 Å². The minimum atomic E-state index is 0.0938. The van der Waals surface area contributed by atoms with Crippen molar-refractivity contribution in [2.45, 2.75) is 20.0 Å². The Morgan fingerprint density at radius 2 is 2.19 bits per heavy atom. The summed E-state index contributed by atoms with van der Waals surface area (Å²) in [6.45, 7) is 4.69. The molecule has 0 atom stereocenters. The van der Waals surface area contributed by atoms with Crippen molar-refractivity contribution < 1.29 is 9.21 Å². The quantitative estimate of drug-likeness (QED) is 0.864. The molecule has 0 radical (unpaired) electrons. The molecule has 1 N–H and O–H groups in total. The van der Waals surface area contributed by atoms with Crippen molar-refractivity contribution in [2.75, 3.05) is 13.1 Å². The molecule has 0 unspecified atom stereocenters. The topological polar surface area (TPSA) is 45.5 Å². The largest absolute Gasteiger partial charge is 0.467 e. The zero-order valence-corrected chi connectivity index (χ0v) is 12.8. The Labute approximate surface area is 128 Å². The molecule has 1 fully saturated rings. The number of furan rings is 1. The Hall–Kier alpha value is -1.85. The second-order valence-corrected chi connectivity index (χ2v) is 6.18. The van der Waals surface area contributed by atoms with Crippen LogP contribution in [0.15, 0.2) is 51.5 Å². The van der Waals surface area contributed by atoms with Crippen LogP contribution in [0.4, 0.5) is 0 Å². The second kappa shape index (κ2) is 6.28. The van der Waals surface area contributed by atoms with Gasteiger partial charge in [-0.2, -0.15) is 0 Å². The Morgan fingerprint density at radius 1 is 1.33 bits per heavy atom. The van der Waals surface area contributed by atoms with Crippen LogP contribution in [-0.2, 0) is 17.9 Å². The van der Waals surface area contributed by atoms with Gasteiger partial charge < -0.3 is 14.6 Å². The number of rotatable bonds is 5. The molecule has 3 heterocycles. The van der Waals surface area contributed by atoms with Gasteiger partial charge in [-0.15, -0.1) is 11.3 Å². The molecule has 1 amide bonds. The van der Waals surface area contributed by atoms with E-state index in [1.807, 2.05) is 35.4 Å². The minimum absolute atomic E-state index is 0.0938. The summed E-state index contributed by atoms with van der Waals surface area (Å²) in [7, 11) is 0. The summed E-state index contributed by atoms with van der Waals surface area (Å²) in [5.41, 5.74) is 2.06. The van der Waals surface area contributed by atoms with Crippen LogP contribution >= 0.6 is 11.3 Å². The molecule has 1 saturated heterocycles. The fourth-order valence-corrected chi connectivity index (χ4v) is 3.00. The van der Waals surface area contributed by atoms with E-state index in [-0.39, 0.29) is 5.91 Å². The van der Waals surface area contributed by atoms with Crippen LogP contribution in [-0.4, -0.2) is 23.9 Å². The first-order chi connectivity index (χ1) is 10.2. The number of hydrogen-bond donors (Lipinski definition) is 1. The third-order valence-electron chi connectivity index (χ3n) is 3.67. The van der Waals surface area contributed by atoms with Gasteiger partial charge in [-0.3, -0.25) is 4.79 Å². The lowest BCUT2D eigenvalue weighted by atomic mass is 10.0. The van der Waals surface area contributed by atoms with Crippen LogP contribution in [0.3, 0.4) is 0 Å². The second-order valence-electron chi connectivity index (χ2n) is 5.15. The van der Waals surface area contributed by atoms with E-state index < -0.39 is 0 Å². The van der Waals surface area contributed by atoms with Gasteiger partial charge in [-0.25, -0.2) is 0 Å². The normalized spacial score (nSPS) is 13.9. The Balaban J connectivity index is 1.79. The highest BCUT2D eigenvalue weighted by Gasteiger charge is 2.22. The summed E-state index contributed by atoms with van der Waals surface area (Å²) in [4.78, 5) is 15.8. The molecule has 2 aromatic rings. The van der Waals surface area contributed by atoms with Crippen LogP contribution in [0.2, 0.25) is 0 Å². The van der Waals surface area contributed by atoms with E-state index in [9.17, 15) is 4.79 Å². The first-order valence-electron chi connectivity index (χ1n) is 6.97. The molecule has 3 rings (SSSR count). The molecule has 4 nitrogen and oxygen atoms in total. The highest BCUT2D eigenvalue weighted by molar-refractivity contribution is 7.09. The Bertz CT molecular complexity index is 587. The molecule has 0 saturated carbocycles. The van der Waals surface area contributed by atoms with Crippen molar-refractivity contribution in [1.82, 2.24) is 10.2 Å². The highest BCUT2D eigenvalue weighted by atomic mass is 32.1. The summed E-state index contributed by atoms with van der Waals surface area (Å²) in [6.07, 6.45) is 1.64. The number of nitrogens with zero attached hydrogens (tertiary/aromatic N) is 1. The molecule has 1 aliphatic heterocycles. The zero-order valence-electron chi connectivity index (χ0n) is 12.0. The summed E-state index contributed by atoms with van der Waals surface area (Å²) in [5.74, 6) is 0.903. The standard InChI is InChI=1S/C16H18N2O2S/c1-12(13-8-17-9-13)16(19)18(10-14-4-2-6-20-14)11-15-5-3-7-21-15/h2-7,17H,8-11H2,1H3. The lowest BCUT2D eigenvalue weighted by Crippen LogP contribution is -2.38. The van der Waals surface area contributed by atoms with Gasteiger partial charge in [0, 0.05) is 23.5 Å². The van der Waals surface area contributed by atoms with Crippen molar-refractivity contribution in [3.63, 3.8) is 0 Å². The zero-order chi connectivity index (χ0) is 14.7. The van der Waals surface area contributed by atoms with Crippen LogP contribution in [0.25, 0.3) is 0 Å². The molecule has 0 bridgehead atoms. The third-order valence-corrected chi connectivity index (χ3v) is 4.53. The van der Waals surface area contributed by atoms with Crippen molar-refractivity contribution in [3.8, 4) is 0 Å². The van der Waals surface area contributed by atoms with E-state index in [1.54, 1.807) is 17.6 Å². The van der Waals surface area contributed by atoms with Crippen molar-refractivity contribution in [3.05, 3.63) is 57.7 Å². The third kappa shape index (κ3) is 3.25. The maximum absolute atomic E-state index is 12.7. The van der Waals surface area contributed by atoms with Gasteiger partial charge in [0.25, 0.3) is 0 Å². The average molecular weight is 302 g/mol. The van der Waals surface area contributed by atoms with Crippen molar-refractivity contribution >= 4 is 17.2 Å². The fraction of sp³-hybridized carbons (Fsp3) is 0.312. The van der Waals surface area contributed by atoms with Gasteiger partial charge in [0.2, 0.25) is 5.91 Å². The highest BCUT2D eigenvalue weighted by Crippen LogP contribution is 2.19. The Morgan fingerprint density at radius 3 is 2.76 bits per heavy atom. The molecular formula is C16H18N2O2S. The maximum atomic E-state index is 12.7. The van der Waals surface area contributed by atoms with Crippen LogP contribution in [0.5, 0.6) is 0 Å². The van der Waals surface area contributed by atoms with Crippen LogP contribution in [0.1, 0.15) is 17.6 Å². The summed E-state index contributed by atoms with van der Waals surface area (Å²) >= 11 is 1.67. The van der Waals surface area contributed by atoms with Gasteiger partial charge >= 0.3 is 0 Å². The van der Waals surface area contributed by atoms with E-state index in [0.29, 0.717) is 13.1 Å². The lowest BCUT2D eigenvalue weighted by molar-refractivity contribution is -0.128. The predicted octanol–water partition coefficient (Wildman–Crippen LogP) is 2.79.